The molecule has 0 aliphatic carbocycles. The molecule has 0 spiro atoms. The number of pyridine rings is 1. The number of anilines is 1. The fourth-order valence-electron chi connectivity index (χ4n) is 0.973. The maximum Gasteiger partial charge on any atom is 0.342 e. The number of methoxy groups -OCH3 is 1. The largest absolute Gasteiger partial charge is 0.478 e. The van der Waals surface area contributed by atoms with Crippen LogP contribution in [0.3, 0.4) is 0 Å². The van der Waals surface area contributed by atoms with Crippen molar-refractivity contribution in [2.45, 2.75) is 0 Å². The molecule has 0 unspecified atom stereocenters. The molecule has 0 atom stereocenters. The highest BCUT2D eigenvalue weighted by Crippen LogP contribution is 2.15. The van der Waals surface area contributed by atoms with Crippen molar-refractivity contribution < 1.29 is 19.4 Å². The summed E-state index contributed by atoms with van der Waals surface area (Å²) < 4.78 is 4.39. The highest BCUT2D eigenvalue weighted by molar-refractivity contribution is 6.05. The Kier molecular flexibility index (Phi) is 2.66. The van der Waals surface area contributed by atoms with Gasteiger partial charge < -0.3 is 15.6 Å². The van der Waals surface area contributed by atoms with E-state index in [4.69, 9.17) is 10.8 Å². The zero-order chi connectivity index (χ0) is 10.7. The van der Waals surface area contributed by atoms with E-state index in [1.54, 1.807) is 0 Å². The molecule has 0 fully saturated rings. The van der Waals surface area contributed by atoms with Crippen molar-refractivity contribution >= 4 is 17.8 Å². The molecule has 0 aliphatic rings. The number of aromatic carboxylic acids is 1. The van der Waals surface area contributed by atoms with Crippen LogP contribution in [0.1, 0.15) is 20.7 Å². The van der Waals surface area contributed by atoms with Gasteiger partial charge in [0.25, 0.3) is 0 Å². The summed E-state index contributed by atoms with van der Waals surface area (Å²) in [5.41, 5.74) is 4.92. The van der Waals surface area contributed by atoms with Gasteiger partial charge in [0.05, 0.1) is 12.7 Å². The number of nitrogens with two attached hydrogens (primary N) is 1. The summed E-state index contributed by atoms with van der Waals surface area (Å²) in [6.45, 7) is 0. The van der Waals surface area contributed by atoms with Crippen molar-refractivity contribution in [1.82, 2.24) is 4.98 Å². The zero-order valence-corrected chi connectivity index (χ0v) is 7.35. The highest BCUT2D eigenvalue weighted by Gasteiger charge is 2.20. The summed E-state index contributed by atoms with van der Waals surface area (Å²) in [4.78, 5) is 25.5. The van der Waals surface area contributed by atoms with Crippen LogP contribution in [0.25, 0.3) is 0 Å². The molecule has 0 aromatic carbocycles. The van der Waals surface area contributed by atoms with Gasteiger partial charge in [-0.1, -0.05) is 0 Å². The van der Waals surface area contributed by atoms with E-state index >= 15 is 0 Å². The lowest BCUT2D eigenvalue weighted by atomic mass is 10.1. The molecule has 6 heteroatoms. The van der Waals surface area contributed by atoms with Crippen LogP contribution in [0.4, 0.5) is 5.82 Å². The van der Waals surface area contributed by atoms with Crippen LogP contribution >= 0.6 is 0 Å². The number of aromatic nitrogens is 1. The Morgan fingerprint density at radius 2 is 2.21 bits per heavy atom. The van der Waals surface area contributed by atoms with Crippen molar-refractivity contribution in [3.63, 3.8) is 0 Å². The summed E-state index contributed by atoms with van der Waals surface area (Å²) in [7, 11) is 1.14. The second-order valence-electron chi connectivity index (χ2n) is 2.42. The average Bonchev–Trinajstić information content (AvgIpc) is 2.16. The van der Waals surface area contributed by atoms with Crippen molar-refractivity contribution in [2.24, 2.45) is 0 Å². The number of carboxylic acids is 1. The number of hydrogen-bond donors (Lipinski definition) is 2. The lowest BCUT2D eigenvalue weighted by molar-refractivity contribution is 0.0583. The number of carbonyl (C=O) groups excluding carboxylic acids is 1. The van der Waals surface area contributed by atoms with Gasteiger partial charge in [-0.3, -0.25) is 0 Å². The van der Waals surface area contributed by atoms with E-state index < -0.39 is 11.9 Å². The fraction of sp³-hybridized carbons (Fsp3) is 0.125. The van der Waals surface area contributed by atoms with Gasteiger partial charge in [-0.05, 0) is 6.07 Å². The molecular weight excluding hydrogens is 188 g/mol. The maximum absolute atomic E-state index is 11.2. The lowest BCUT2D eigenvalue weighted by Crippen LogP contribution is -2.14. The molecular formula is C8H8N2O4. The van der Waals surface area contributed by atoms with Gasteiger partial charge >= 0.3 is 11.9 Å². The van der Waals surface area contributed by atoms with Gasteiger partial charge in [0.2, 0.25) is 0 Å². The predicted octanol–water partition coefficient (Wildman–Crippen LogP) is 0.149. The first-order valence-corrected chi connectivity index (χ1v) is 3.64. The van der Waals surface area contributed by atoms with Crippen LogP contribution in [0.5, 0.6) is 0 Å². The molecule has 0 aliphatic heterocycles. The van der Waals surface area contributed by atoms with Crippen molar-refractivity contribution in [1.29, 1.82) is 0 Å². The SMILES string of the molecule is COC(=O)c1c(C(=O)O)ccnc1N. The number of hydrogen-bond acceptors (Lipinski definition) is 5. The molecule has 0 saturated carbocycles. The molecule has 14 heavy (non-hydrogen) atoms. The number of carbonyl (C=O) groups is 2. The topological polar surface area (TPSA) is 103 Å². The van der Waals surface area contributed by atoms with E-state index in [9.17, 15) is 9.59 Å². The van der Waals surface area contributed by atoms with E-state index in [1.807, 2.05) is 0 Å². The predicted molar refractivity (Wildman–Crippen MR) is 46.9 cm³/mol. The van der Waals surface area contributed by atoms with Crippen LogP contribution in [0, 0.1) is 0 Å². The van der Waals surface area contributed by atoms with Gasteiger partial charge in [-0.15, -0.1) is 0 Å². The number of carboxylic acid groups (broad SMARTS) is 1. The molecule has 6 nitrogen and oxygen atoms in total. The van der Waals surface area contributed by atoms with Gasteiger partial charge in [-0.25, -0.2) is 14.6 Å². The standard InChI is InChI=1S/C8H8N2O4/c1-14-8(13)5-4(7(11)12)2-3-10-6(5)9/h2-3H,1H3,(H2,9,10)(H,11,12). The van der Waals surface area contributed by atoms with Crippen molar-refractivity contribution in [2.75, 3.05) is 12.8 Å². The minimum atomic E-state index is -1.25. The third-order valence-electron chi connectivity index (χ3n) is 1.60. The first-order chi connectivity index (χ1) is 6.57. The smallest absolute Gasteiger partial charge is 0.342 e. The van der Waals surface area contributed by atoms with Crippen LogP contribution in [-0.2, 0) is 4.74 Å². The average molecular weight is 196 g/mol. The normalized spacial score (nSPS) is 9.50. The van der Waals surface area contributed by atoms with Crippen molar-refractivity contribution in [3.8, 4) is 0 Å². The summed E-state index contributed by atoms with van der Waals surface area (Å²) in [6, 6.07) is 1.19. The molecule has 74 valence electrons. The Bertz CT molecular complexity index is 389. The van der Waals surface area contributed by atoms with E-state index in [1.165, 1.54) is 12.3 Å². The van der Waals surface area contributed by atoms with E-state index in [2.05, 4.69) is 9.72 Å². The summed E-state index contributed by atoms with van der Waals surface area (Å²) in [5, 5.41) is 8.74. The molecule has 0 radical (unpaired) electrons. The van der Waals surface area contributed by atoms with E-state index in [0.29, 0.717) is 0 Å². The number of rotatable bonds is 2. The molecule has 1 rings (SSSR count). The summed E-state index contributed by atoms with van der Waals surface area (Å²) in [5.74, 6) is -2.22. The van der Waals surface area contributed by atoms with E-state index in [0.717, 1.165) is 7.11 Å². The van der Waals surface area contributed by atoms with Crippen LogP contribution < -0.4 is 5.73 Å². The quantitative estimate of drug-likeness (QED) is 0.652. The van der Waals surface area contributed by atoms with Crippen LogP contribution in [0.15, 0.2) is 12.3 Å². The Labute approximate surface area is 79.3 Å². The molecule has 0 saturated heterocycles. The van der Waals surface area contributed by atoms with Gasteiger partial charge in [0.15, 0.2) is 0 Å². The molecule has 1 heterocycles. The maximum atomic E-state index is 11.2. The molecule has 0 bridgehead atoms. The van der Waals surface area contributed by atoms with Crippen LogP contribution in [-0.4, -0.2) is 29.1 Å². The molecule has 1 aromatic heterocycles. The molecule has 1 aromatic rings. The number of ether oxygens (including phenoxy) is 1. The Morgan fingerprint density at radius 3 is 2.71 bits per heavy atom. The minimum absolute atomic E-state index is 0.156. The summed E-state index contributed by atoms with van der Waals surface area (Å²) in [6.07, 6.45) is 1.21. The summed E-state index contributed by atoms with van der Waals surface area (Å²) >= 11 is 0. The number of nitrogen functional groups attached to an aromatic ring is 1. The Morgan fingerprint density at radius 1 is 1.57 bits per heavy atom. The van der Waals surface area contributed by atoms with E-state index in [-0.39, 0.29) is 16.9 Å². The second-order valence-corrected chi connectivity index (χ2v) is 2.42. The lowest BCUT2D eigenvalue weighted by Gasteiger charge is -2.05. The first kappa shape index (κ1) is 9.97. The number of nitrogens with zero attached hydrogens (tertiary/aromatic N) is 1. The van der Waals surface area contributed by atoms with Gasteiger partial charge in [0, 0.05) is 6.20 Å². The molecule has 3 N–H and O–H groups in total. The minimum Gasteiger partial charge on any atom is -0.478 e. The number of esters is 1. The third-order valence-corrected chi connectivity index (χ3v) is 1.60. The monoisotopic (exact) mass is 196 g/mol. The Balaban J connectivity index is 3.36. The van der Waals surface area contributed by atoms with Crippen LogP contribution in [0.2, 0.25) is 0 Å². The van der Waals surface area contributed by atoms with Crippen molar-refractivity contribution in [3.05, 3.63) is 23.4 Å². The Hall–Kier alpha value is -2.11. The molecule has 0 amide bonds. The van der Waals surface area contributed by atoms with Gasteiger partial charge in [0.1, 0.15) is 11.4 Å². The zero-order valence-electron chi connectivity index (χ0n) is 7.35. The van der Waals surface area contributed by atoms with Gasteiger partial charge in [-0.2, -0.15) is 0 Å². The first-order valence-electron chi connectivity index (χ1n) is 3.64. The second kappa shape index (κ2) is 3.73. The fourth-order valence-corrected chi connectivity index (χ4v) is 0.973. The third kappa shape index (κ3) is 1.63. The highest BCUT2D eigenvalue weighted by atomic mass is 16.5.